The quantitative estimate of drug-likeness (QED) is 0.498. The lowest BCUT2D eigenvalue weighted by Gasteiger charge is -2.10. The van der Waals surface area contributed by atoms with E-state index in [4.69, 9.17) is 11.6 Å². The molecular formula is C19H11BrClN3O2. The fourth-order valence-electron chi connectivity index (χ4n) is 2.82. The standard InChI is InChI=1S/C19H11BrClN3O2/c20-12-6-4-10(5-7-12)14-9-15(11-2-1-3-13(21)8-11)22-17-16(14)18(25)24-19(26)23-17/h1-9H,(H2,22,23,24,25,26). The summed E-state index contributed by atoms with van der Waals surface area (Å²) in [4.78, 5) is 33.5. The van der Waals surface area contributed by atoms with Gasteiger partial charge in [0.1, 0.15) is 5.65 Å². The van der Waals surface area contributed by atoms with E-state index in [1.54, 1.807) is 12.1 Å². The predicted octanol–water partition coefficient (Wildman–Crippen LogP) is 4.36. The summed E-state index contributed by atoms with van der Waals surface area (Å²) >= 11 is 9.50. The van der Waals surface area contributed by atoms with Crippen molar-refractivity contribution in [3.63, 3.8) is 0 Å². The Kier molecular flexibility index (Phi) is 4.22. The van der Waals surface area contributed by atoms with Crippen LogP contribution in [0, 0.1) is 0 Å². The Bertz CT molecular complexity index is 1250. The van der Waals surface area contributed by atoms with Crippen molar-refractivity contribution in [1.82, 2.24) is 15.0 Å². The van der Waals surface area contributed by atoms with E-state index in [-0.39, 0.29) is 5.65 Å². The molecule has 0 saturated heterocycles. The van der Waals surface area contributed by atoms with Gasteiger partial charge in [-0.3, -0.25) is 14.8 Å². The van der Waals surface area contributed by atoms with Gasteiger partial charge in [0.25, 0.3) is 5.56 Å². The van der Waals surface area contributed by atoms with E-state index in [9.17, 15) is 9.59 Å². The number of hydrogen-bond acceptors (Lipinski definition) is 3. The van der Waals surface area contributed by atoms with E-state index in [0.29, 0.717) is 21.7 Å². The SMILES string of the molecule is O=c1[nH]c(=O)c2c(-c3ccc(Br)cc3)cc(-c3cccc(Cl)c3)nc2[nH]1. The Hall–Kier alpha value is -2.70. The molecule has 0 atom stereocenters. The second-order valence-corrected chi connectivity index (χ2v) is 7.06. The highest BCUT2D eigenvalue weighted by atomic mass is 79.9. The highest BCUT2D eigenvalue weighted by Crippen LogP contribution is 2.31. The second-order valence-electron chi connectivity index (χ2n) is 5.70. The molecule has 0 aliphatic rings. The molecule has 4 aromatic rings. The van der Waals surface area contributed by atoms with Gasteiger partial charge in [0.2, 0.25) is 0 Å². The maximum atomic E-state index is 12.4. The zero-order valence-electron chi connectivity index (χ0n) is 13.2. The van der Waals surface area contributed by atoms with Gasteiger partial charge < -0.3 is 0 Å². The summed E-state index contributed by atoms with van der Waals surface area (Å²) in [5.74, 6) is 0. The van der Waals surface area contributed by atoms with E-state index < -0.39 is 11.2 Å². The van der Waals surface area contributed by atoms with Crippen LogP contribution in [0.4, 0.5) is 0 Å². The molecule has 0 amide bonds. The van der Waals surface area contributed by atoms with Crippen molar-refractivity contribution in [3.05, 3.63) is 84.9 Å². The second kappa shape index (κ2) is 6.55. The number of nitrogens with zero attached hydrogens (tertiary/aromatic N) is 1. The highest BCUT2D eigenvalue weighted by molar-refractivity contribution is 9.10. The van der Waals surface area contributed by atoms with Crippen LogP contribution in [0.3, 0.4) is 0 Å². The Labute approximate surface area is 160 Å². The lowest BCUT2D eigenvalue weighted by molar-refractivity contribution is 1.06. The number of aromatic amines is 2. The Morgan fingerprint density at radius 1 is 0.923 bits per heavy atom. The van der Waals surface area contributed by atoms with Gasteiger partial charge >= 0.3 is 5.69 Å². The van der Waals surface area contributed by atoms with Crippen LogP contribution in [0.25, 0.3) is 33.4 Å². The van der Waals surface area contributed by atoms with Crippen LogP contribution in [-0.4, -0.2) is 15.0 Å². The monoisotopic (exact) mass is 427 g/mol. The lowest BCUT2D eigenvalue weighted by atomic mass is 10.0. The molecule has 0 aliphatic heterocycles. The van der Waals surface area contributed by atoms with Crippen LogP contribution in [0.2, 0.25) is 5.02 Å². The Morgan fingerprint density at radius 2 is 1.69 bits per heavy atom. The molecular weight excluding hydrogens is 418 g/mol. The van der Waals surface area contributed by atoms with Gasteiger partial charge in [-0.1, -0.05) is 51.8 Å². The molecule has 26 heavy (non-hydrogen) atoms. The molecule has 0 bridgehead atoms. The molecule has 2 aromatic heterocycles. The minimum Gasteiger partial charge on any atom is -0.291 e. The van der Waals surface area contributed by atoms with Crippen LogP contribution in [0.1, 0.15) is 0 Å². The smallest absolute Gasteiger partial charge is 0.291 e. The number of rotatable bonds is 2. The van der Waals surface area contributed by atoms with Crippen molar-refractivity contribution in [1.29, 1.82) is 0 Å². The third-order valence-corrected chi connectivity index (χ3v) is 4.74. The van der Waals surface area contributed by atoms with Crippen molar-refractivity contribution in [2.45, 2.75) is 0 Å². The number of pyridine rings is 1. The van der Waals surface area contributed by atoms with Crippen LogP contribution in [0.5, 0.6) is 0 Å². The third kappa shape index (κ3) is 3.09. The summed E-state index contributed by atoms with van der Waals surface area (Å²) in [7, 11) is 0. The predicted molar refractivity (Wildman–Crippen MR) is 107 cm³/mol. The number of aromatic nitrogens is 3. The topological polar surface area (TPSA) is 78.6 Å². The maximum absolute atomic E-state index is 12.4. The third-order valence-electron chi connectivity index (χ3n) is 3.98. The lowest BCUT2D eigenvalue weighted by Crippen LogP contribution is -2.23. The average Bonchev–Trinajstić information content (AvgIpc) is 2.61. The van der Waals surface area contributed by atoms with Crippen LogP contribution < -0.4 is 11.2 Å². The molecule has 2 aromatic carbocycles. The largest absolute Gasteiger partial charge is 0.327 e. The summed E-state index contributed by atoms with van der Waals surface area (Å²) in [6, 6.07) is 16.6. The van der Waals surface area contributed by atoms with Crippen molar-refractivity contribution >= 4 is 38.6 Å². The first-order valence-electron chi connectivity index (χ1n) is 7.70. The molecule has 2 heterocycles. The molecule has 7 heteroatoms. The van der Waals surface area contributed by atoms with Gasteiger partial charge in [0.05, 0.1) is 11.1 Å². The van der Waals surface area contributed by atoms with Gasteiger partial charge in [0, 0.05) is 20.6 Å². The van der Waals surface area contributed by atoms with Gasteiger partial charge in [-0.25, -0.2) is 9.78 Å². The van der Waals surface area contributed by atoms with E-state index in [0.717, 1.165) is 15.6 Å². The van der Waals surface area contributed by atoms with Crippen LogP contribution in [-0.2, 0) is 0 Å². The Balaban J connectivity index is 2.09. The molecule has 128 valence electrons. The van der Waals surface area contributed by atoms with Crippen molar-refractivity contribution < 1.29 is 0 Å². The normalized spacial score (nSPS) is 11.0. The number of halogens is 2. The summed E-state index contributed by atoms with van der Waals surface area (Å²) in [6.45, 7) is 0. The molecule has 0 fully saturated rings. The molecule has 0 unspecified atom stereocenters. The summed E-state index contributed by atoms with van der Waals surface area (Å²) in [5, 5.41) is 0.909. The molecule has 5 nitrogen and oxygen atoms in total. The zero-order chi connectivity index (χ0) is 18.3. The van der Waals surface area contributed by atoms with Crippen molar-refractivity contribution in [3.8, 4) is 22.4 Å². The first kappa shape index (κ1) is 16.8. The number of hydrogen-bond donors (Lipinski definition) is 2. The van der Waals surface area contributed by atoms with E-state index in [1.807, 2.05) is 42.5 Å². The average molecular weight is 429 g/mol. The maximum Gasteiger partial charge on any atom is 0.327 e. The van der Waals surface area contributed by atoms with Crippen molar-refractivity contribution in [2.75, 3.05) is 0 Å². The Morgan fingerprint density at radius 3 is 2.42 bits per heavy atom. The minimum absolute atomic E-state index is 0.231. The van der Waals surface area contributed by atoms with E-state index in [2.05, 4.69) is 30.9 Å². The van der Waals surface area contributed by atoms with Gasteiger partial charge in [-0.15, -0.1) is 0 Å². The van der Waals surface area contributed by atoms with Gasteiger partial charge in [-0.05, 0) is 35.9 Å². The minimum atomic E-state index is -0.597. The molecule has 0 spiro atoms. The molecule has 0 radical (unpaired) electrons. The molecule has 4 rings (SSSR count). The number of fused-ring (bicyclic) bond motifs is 1. The fourth-order valence-corrected chi connectivity index (χ4v) is 3.28. The summed E-state index contributed by atoms with van der Waals surface area (Å²) in [5.41, 5.74) is 2.07. The highest BCUT2D eigenvalue weighted by Gasteiger charge is 2.14. The van der Waals surface area contributed by atoms with Crippen LogP contribution >= 0.6 is 27.5 Å². The first-order valence-corrected chi connectivity index (χ1v) is 8.87. The van der Waals surface area contributed by atoms with Crippen LogP contribution in [0.15, 0.2) is 68.7 Å². The zero-order valence-corrected chi connectivity index (χ0v) is 15.6. The summed E-state index contributed by atoms with van der Waals surface area (Å²) < 4.78 is 0.928. The van der Waals surface area contributed by atoms with E-state index in [1.165, 1.54) is 0 Å². The summed E-state index contributed by atoms with van der Waals surface area (Å²) in [6.07, 6.45) is 0. The fraction of sp³-hybridized carbons (Fsp3) is 0. The number of nitrogens with one attached hydrogen (secondary N) is 2. The first-order chi connectivity index (χ1) is 12.5. The number of H-pyrrole nitrogens is 2. The van der Waals surface area contributed by atoms with Gasteiger partial charge in [0.15, 0.2) is 0 Å². The number of benzene rings is 2. The van der Waals surface area contributed by atoms with Crippen molar-refractivity contribution in [2.24, 2.45) is 0 Å². The van der Waals surface area contributed by atoms with Gasteiger partial charge in [-0.2, -0.15) is 0 Å². The molecule has 2 N–H and O–H groups in total. The molecule has 0 aliphatic carbocycles. The molecule has 0 saturated carbocycles. The van der Waals surface area contributed by atoms with E-state index >= 15 is 0 Å².